The van der Waals surface area contributed by atoms with Crippen molar-refractivity contribution in [3.63, 3.8) is 0 Å². The molecular weight excluding hydrogens is 269 g/mol. The molecule has 0 bridgehead atoms. The van der Waals surface area contributed by atoms with Crippen molar-refractivity contribution in [3.8, 4) is 10.9 Å². The molecular formula is C10H5ClFNO3S. The molecule has 2 aromatic rings. The number of carboxylic acids is 1. The summed E-state index contributed by atoms with van der Waals surface area (Å²) in [6.45, 7) is 0. The van der Waals surface area contributed by atoms with Gasteiger partial charge in [-0.2, -0.15) is 4.98 Å². The molecule has 0 fully saturated rings. The number of benzene rings is 1. The first-order valence-electron chi connectivity index (χ1n) is 4.40. The fraction of sp³-hybridized carbons (Fsp3) is 0. The maximum absolute atomic E-state index is 13.2. The predicted octanol–water partition coefficient (Wildman–Crippen LogP) is 3.43. The van der Waals surface area contributed by atoms with Gasteiger partial charge in [0.25, 0.3) is 5.19 Å². The number of para-hydroxylation sites is 1. The zero-order valence-corrected chi connectivity index (χ0v) is 9.76. The van der Waals surface area contributed by atoms with Crippen LogP contribution in [0.4, 0.5) is 4.39 Å². The molecule has 0 saturated carbocycles. The van der Waals surface area contributed by atoms with Gasteiger partial charge in [-0.25, -0.2) is 9.18 Å². The lowest BCUT2D eigenvalue weighted by atomic mass is 10.3. The SMILES string of the molecule is O=C(O)c1sc(Oc2ccccc2F)nc1Cl. The van der Waals surface area contributed by atoms with Crippen LogP contribution in [0.3, 0.4) is 0 Å². The molecule has 0 radical (unpaired) electrons. The first kappa shape index (κ1) is 11.8. The highest BCUT2D eigenvalue weighted by Gasteiger charge is 2.17. The molecule has 0 atom stereocenters. The van der Waals surface area contributed by atoms with E-state index in [2.05, 4.69) is 4.98 Å². The first-order valence-corrected chi connectivity index (χ1v) is 5.59. The molecule has 2 rings (SSSR count). The fourth-order valence-corrected chi connectivity index (χ4v) is 2.06. The number of hydrogen-bond donors (Lipinski definition) is 1. The van der Waals surface area contributed by atoms with Crippen LogP contribution in [0.15, 0.2) is 24.3 Å². The van der Waals surface area contributed by atoms with Crippen LogP contribution < -0.4 is 4.74 Å². The Morgan fingerprint density at radius 1 is 1.47 bits per heavy atom. The predicted molar refractivity (Wildman–Crippen MR) is 60.6 cm³/mol. The van der Waals surface area contributed by atoms with Crippen molar-refractivity contribution < 1.29 is 19.0 Å². The van der Waals surface area contributed by atoms with E-state index < -0.39 is 11.8 Å². The normalized spacial score (nSPS) is 10.2. The van der Waals surface area contributed by atoms with Crippen molar-refractivity contribution in [2.45, 2.75) is 0 Å². The monoisotopic (exact) mass is 273 g/mol. The quantitative estimate of drug-likeness (QED) is 0.931. The summed E-state index contributed by atoms with van der Waals surface area (Å²) in [5.74, 6) is -1.79. The number of rotatable bonds is 3. The summed E-state index contributed by atoms with van der Waals surface area (Å²) in [7, 11) is 0. The van der Waals surface area contributed by atoms with Gasteiger partial charge in [-0.1, -0.05) is 35.1 Å². The number of aromatic carboxylic acids is 1. The molecule has 88 valence electrons. The molecule has 1 aromatic heterocycles. The van der Waals surface area contributed by atoms with Crippen LogP contribution in [0.1, 0.15) is 9.67 Å². The molecule has 0 aliphatic heterocycles. The van der Waals surface area contributed by atoms with Gasteiger partial charge in [-0.3, -0.25) is 0 Å². The third kappa shape index (κ3) is 2.54. The summed E-state index contributed by atoms with van der Waals surface area (Å²) in [6.07, 6.45) is 0. The van der Waals surface area contributed by atoms with E-state index in [0.29, 0.717) is 0 Å². The van der Waals surface area contributed by atoms with Crippen molar-refractivity contribution in [1.29, 1.82) is 0 Å². The molecule has 4 nitrogen and oxygen atoms in total. The van der Waals surface area contributed by atoms with Crippen LogP contribution in [0.25, 0.3) is 0 Å². The number of ether oxygens (including phenoxy) is 1. The Labute approximate surface area is 104 Å². The number of nitrogens with zero attached hydrogens (tertiary/aromatic N) is 1. The molecule has 0 aliphatic rings. The summed E-state index contributed by atoms with van der Waals surface area (Å²) in [4.78, 5) is 14.3. The summed E-state index contributed by atoms with van der Waals surface area (Å²) in [5, 5.41) is 8.57. The van der Waals surface area contributed by atoms with Crippen molar-refractivity contribution in [1.82, 2.24) is 4.98 Å². The minimum Gasteiger partial charge on any atom is -0.477 e. The fourth-order valence-electron chi connectivity index (χ4n) is 1.08. The summed E-state index contributed by atoms with van der Waals surface area (Å²) in [6, 6.07) is 5.74. The lowest BCUT2D eigenvalue weighted by Crippen LogP contribution is -1.91. The third-order valence-electron chi connectivity index (χ3n) is 1.79. The highest BCUT2D eigenvalue weighted by molar-refractivity contribution is 7.15. The maximum atomic E-state index is 13.2. The van der Waals surface area contributed by atoms with Gasteiger partial charge in [0, 0.05) is 0 Å². The molecule has 0 aliphatic carbocycles. The molecule has 0 amide bonds. The molecule has 1 aromatic carbocycles. The Bertz CT molecular complexity index is 572. The standard InChI is InChI=1S/C10H5ClFNO3S/c11-8-7(9(14)15)17-10(13-8)16-6-4-2-1-3-5(6)12/h1-4H,(H,14,15). The Morgan fingerprint density at radius 3 is 2.76 bits per heavy atom. The smallest absolute Gasteiger partial charge is 0.349 e. The average molecular weight is 274 g/mol. The van der Waals surface area contributed by atoms with Crippen LogP contribution in [-0.4, -0.2) is 16.1 Å². The minimum atomic E-state index is -1.20. The topological polar surface area (TPSA) is 59.4 Å². The van der Waals surface area contributed by atoms with Gasteiger partial charge in [0.1, 0.15) is 0 Å². The van der Waals surface area contributed by atoms with Gasteiger partial charge in [0.15, 0.2) is 21.6 Å². The van der Waals surface area contributed by atoms with Gasteiger partial charge in [-0.05, 0) is 12.1 Å². The number of thiazole rings is 1. The molecule has 1 N–H and O–H groups in total. The molecule has 0 saturated heterocycles. The number of carbonyl (C=O) groups is 1. The molecule has 7 heteroatoms. The number of halogens is 2. The Hall–Kier alpha value is -1.66. The molecule has 17 heavy (non-hydrogen) atoms. The highest BCUT2D eigenvalue weighted by atomic mass is 35.5. The van der Waals surface area contributed by atoms with Crippen molar-refractivity contribution in [2.75, 3.05) is 0 Å². The number of aromatic nitrogens is 1. The van der Waals surface area contributed by atoms with Gasteiger partial charge < -0.3 is 9.84 Å². The van der Waals surface area contributed by atoms with Gasteiger partial charge in [-0.15, -0.1) is 0 Å². The number of carboxylic acid groups (broad SMARTS) is 1. The van der Waals surface area contributed by atoms with Crippen LogP contribution in [0.2, 0.25) is 5.15 Å². The lowest BCUT2D eigenvalue weighted by molar-refractivity contribution is 0.0702. The van der Waals surface area contributed by atoms with E-state index in [0.717, 1.165) is 11.3 Å². The number of hydrogen-bond acceptors (Lipinski definition) is 4. The van der Waals surface area contributed by atoms with Gasteiger partial charge in [0.05, 0.1) is 0 Å². The Balaban J connectivity index is 2.28. The maximum Gasteiger partial charge on any atom is 0.349 e. The van der Waals surface area contributed by atoms with E-state index in [9.17, 15) is 9.18 Å². The van der Waals surface area contributed by atoms with E-state index in [1.54, 1.807) is 6.07 Å². The van der Waals surface area contributed by atoms with Gasteiger partial charge >= 0.3 is 5.97 Å². The second kappa shape index (κ2) is 4.68. The van der Waals surface area contributed by atoms with E-state index in [-0.39, 0.29) is 21.0 Å². The molecule has 1 heterocycles. The van der Waals surface area contributed by atoms with Crippen LogP contribution in [-0.2, 0) is 0 Å². The molecule has 0 unspecified atom stereocenters. The molecule has 0 spiro atoms. The lowest BCUT2D eigenvalue weighted by Gasteiger charge is -2.01. The van der Waals surface area contributed by atoms with Crippen molar-refractivity contribution in [3.05, 3.63) is 40.1 Å². The second-order valence-corrected chi connectivity index (χ2v) is 4.26. The van der Waals surface area contributed by atoms with E-state index in [1.165, 1.54) is 18.2 Å². The second-order valence-electron chi connectivity index (χ2n) is 2.94. The van der Waals surface area contributed by atoms with E-state index in [1.807, 2.05) is 0 Å². The Morgan fingerprint density at radius 2 is 2.18 bits per heavy atom. The zero-order chi connectivity index (χ0) is 12.4. The highest BCUT2D eigenvalue weighted by Crippen LogP contribution is 2.32. The largest absolute Gasteiger partial charge is 0.477 e. The summed E-state index contributed by atoms with van der Waals surface area (Å²) in [5.41, 5.74) is 0. The van der Waals surface area contributed by atoms with E-state index in [4.69, 9.17) is 21.4 Å². The van der Waals surface area contributed by atoms with Crippen LogP contribution >= 0.6 is 22.9 Å². The Kier molecular flexibility index (Phi) is 3.26. The van der Waals surface area contributed by atoms with Crippen LogP contribution in [0, 0.1) is 5.82 Å². The summed E-state index contributed by atoms with van der Waals surface area (Å²) < 4.78 is 18.3. The van der Waals surface area contributed by atoms with Gasteiger partial charge in [0.2, 0.25) is 0 Å². The summed E-state index contributed by atoms with van der Waals surface area (Å²) >= 11 is 6.33. The van der Waals surface area contributed by atoms with Crippen LogP contribution in [0.5, 0.6) is 10.9 Å². The zero-order valence-electron chi connectivity index (χ0n) is 8.18. The third-order valence-corrected chi connectivity index (χ3v) is 3.10. The van der Waals surface area contributed by atoms with E-state index >= 15 is 0 Å². The first-order chi connectivity index (χ1) is 8.08. The average Bonchev–Trinajstić information content (AvgIpc) is 2.63. The van der Waals surface area contributed by atoms with Crippen molar-refractivity contribution >= 4 is 28.9 Å². The minimum absolute atomic E-state index is 0.0162. The van der Waals surface area contributed by atoms with Crippen molar-refractivity contribution in [2.24, 2.45) is 0 Å².